The van der Waals surface area contributed by atoms with Crippen LogP contribution in [0.2, 0.25) is 0 Å². The molecule has 0 aliphatic heterocycles. The Hall–Kier alpha value is -1.06. The van der Waals surface area contributed by atoms with Crippen molar-refractivity contribution in [2.24, 2.45) is 4.99 Å². The van der Waals surface area contributed by atoms with Crippen molar-refractivity contribution >= 4 is 29.9 Å². The summed E-state index contributed by atoms with van der Waals surface area (Å²) in [6.45, 7) is 14.0. The van der Waals surface area contributed by atoms with Gasteiger partial charge >= 0.3 is 0 Å². The molecule has 7 heteroatoms. The normalized spacial score (nSPS) is 11.7. The highest BCUT2D eigenvalue weighted by Crippen LogP contribution is 2.21. The van der Waals surface area contributed by atoms with Crippen LogP contribution in [0.25, 0.3) is 0 Å². The highest BCUT2D eigenvalue weighted by molar-refractivity contribution is 14.0. The number of nitrogens with zero attached hydrogens (tertiary/aromatic N) is 1. The third-order valence-electron chi connectivity index (χ3n) is 3.90. The molecule has 0 bridgehead atoms. The van der Waals surface area contributed by atoms with Gasteiger partial charge in [-0.2, -0.15) is 0 Å². The first-order chi connectivity index (χ1) is 12.4. The van der Waals surface area contributed by atoms with Gasteiger partial charge in [-0.15, -0.1) is 24.0 Å². The molecule has 0 spiro atoms. The van der Waals surface area contributed by atoms with E-state index in [0.717, 1.165) is 29.4 Å². The van der Waals surface area contributed by atoms with Crippen LogP contribution in [0.15, 0.2) is 23.2 Å². The number of benzene rings is 1. The second kappa shape index (κ2) is 14.0. The van der Waals surface area contributed by atoms with Crippen LogP contribution in [0.4, 0.5) is 0 Å². The molecule has 0 aliphatic rings. The predicted octanol–water partition coefficient (Wildman–Crippen LogP) is 3.51. The molecule has 1 aromatic rings. The number of rotatable bonds is 11. The van der Waals surface area contributed by atoms with Crippen molar-refractivity contribution in [3.63, 3.8) is 0 Å². The van der Waals surface area contributed by atoms with E-state index >= 15 is 0 Å². The minimum atomic E-state index is -0.256. The minimum absolute atomic E-state index is 0. The van der Waals surface area contributed by atoms with Gasteiger partial charge in [-0.3, -0.25) is 0 Å². The molecule has 2 N–H and O–H groups in total. The van der Waals surface area contributed by atoms with Gasteiger partial charge in [0.2, 0.25) is 0 Å². The molecule has 1 rings (SSSR count). The molecule has 0 unspecified atom stereocenters. The lowest BCUT2D eigenvalue weighted by Crippen LogP contribution is -2.45. The molecule has 0 saturated heterocycles. The smallest absolute Gasteiger partial charge is 0.191 e. The van der Waals surface area contributed by atoms with Crippen LogP contribution in [0.3, 0.4) is 0 Å². The summed E-state index contributed by atoms with van der Waals surface area (Å²) in [5.41, 5.74) is 1.96. The average Bonchev–Trinajstić information content (AvgIpc) is 2.62. The van der Waals surface area contributed by atoms with E-state index in [1.54, 1.807) is 7.11 Å². The van der Waals surface area contributed by atoms with Crippen molar-refractivity contribution in [1.82, 2.24) is 10.6 Å². The molecular weight excluding hydrogens is 457 g/mol. The maximum Gasteiger partial charge on any atom is 0.191 e. The summed E-state index contributed by atoms with van der Waals surface area (Å²) >= 11 is 0. The molecule has 0 aliphatic carbocycles. The lowest BCUT2D eigenvalue weighted by molar-refractivity contribution is 0.0268. The molecular formula is C20H36IN3O3. The third kappa shape index (κ3) is 10.8. The fourth-order valence-electron chi connectivity index (χ4n) is 2.16. The average molecular weight is 493 g/mol. The second-order valence-corrected chi connectivity index (χ2v) is 6.67. The summed E-state index contributed by atoms with van der Waals surface area (Å²) < 4.78 is 16.7. The number of nitrogens with one attached hydrogen (secondary N) is 2. The Morgan fingerprint density at radius 1 is 1.15 bits per heavy atom. The summed E-state index contributed by atoms with van der Waals surface area (Å²) in [7, 11) is 1.71. The lowest BCUT2D eigenvalue weighted by Gasteiger charge is -2.24. The first-order valence-electron chi connectivity index (χ1n) is 9.29. The molecule has 0 saturated carbocycles. The molecule has 0 aromatic heterocycles. The van der Waals surface area contributed by atoms with Gasteiger partial charge in [0.15, 0.2) is 5.96 Å². The molecule has 6 nitrogen and oxygen atoms in total. The monoisotopic (exact) mass is 493 g/mol. The van der Waals surface area contributed by atoms with E-state index in [4.69, 9.17) is 14.2 Å². The van der Waals surface area contributed by atoms with Gasteiger partial charge in [-0.05, 0) is 46.2 Å². The Bertz CT molecular complexity index is 565. The van der Waals surface area contributed by atoms with Gasteiger partial charge in [0.1, 0.15) is 12.4 Å². The summed E-state index contributed by atoms with van der Waals surface area (Å²) in [5, 5.41) is 6.59. The zero-order valence-corrected chi connectivity index (χ0v) is 19.9. The summed E-state index contributed by atoms with van der Waals surface area (Å²) in [5.74, 6) is 1.62. The van der Waals surface area contributed by atoms with E-state index in [9.17, 15) is 0 Å². The number of aryl methyl sites for hydroxylation is 1. The lowest BCUT2D eigenvalue weighted by atomic mass is 10.1. The summed E-state index contributed by atoms with van der Waals surface area (Å²) in [6, 6.07) is 6.19. The van der Waals surface area contributed by atoms with Crippen LogP contribution in [0.5, 0.6) is 5.75 Å². The highest BCUT2D eigenvalue weighted by Gasteiger charge is 2.16. The van der Waals surface area contributed by atoms with Crippen molar-refractivity contribution in [3.05, 3.63) is 29.3 Å². The molecule has 0 fully saturated rings. The van der Waals surface area contributed by atoms with E-state index in [0.29, 0.717) is 32.9 Å². The van der Waals surface area contributed by atoms with Crippen molar-refractivity contribution < 1.29 is 14.2 Å². The molecule has 0 atom stereocenters. The van der Waals surface area contributed by atoms with Crippen molar-refractivity contribution in [1.29, 1.82) is 0 Å². The van der Waals surface area contributed by atoms with Crippen molar-refractivity contribution in [2.75, 3.05) is 40.0 Å². The largest absolute Gasteiger partial charge is 0.491 e. The van der Waals surface area contributed by atoms with Crippen molar-refractivity contribution in [3.8, 4) is 5.75 Å². The topological polar surface area (TPSA) is 64.1 Å². The van der Waals surface area contributed by atoms with Crippen LogP contribution in [-0.2, 0) is 16.0 Å². The van der Waals surface area contributed by atoms with Gasteiger partial charge < -0.3 is 24.8 Å². The Kier molecular flexibility index (Phi) is 13.5. The van der Waals surface area contributed by atoms with Crippen molar-refractivity contribution in [2.45, 2.75) is 46.8 Å². The summed E-state index contributed by atoms with van der Waals surface area (Å²) in [6.07, 6.45) is 0. The van der Waals surface area contributed by atoms with E-state index < -0.39 is 0 Å². The van der Waals surface area contributed by atoms with E-state index in [1.807, 2.05) is 33.8 Å². The zero-order valence-electron chi connectivity index (χ0n) is 17.6. The number of hydrogen-bond acceptors (Lipinski definition) is 4. The first-order valence-corrected chi connectivity index (χ1v) is 9.29. The maximum atomic E-state index is 5.89. The number of ether oxygens (including phenoxy) is 3. The number of aliphatic imine (C=N–C) groups is 1. The second-order valence-electron chi connectivity index (χ2n) is 6.67. The quantitative estimate of drug-likeness (QED) is 0.214. The van der Waals surface area contributed by atoms with E-state index in [1.165, 1.54) is 0 Å². The van der Waals surface area contributed by atoms with Gasteiger partial charge in [-0.25, -0.2) is 4.99 Å². The van der Waals surface area contributed by atoms with Gasteiger partial charge in [0.05, 0.1) is 18.8 Å². The Balaban J connectivity index is 0.00000676. The number of guanidine groups is 1. The van der Waals surface area contributed by atoms with Gasteiger partial charge in [0, 0.05) is 32.4 Å². The van der Waals surface area contributed by atoms with E-state index in [2.05, 4.69) is 34.7 Å². The molecule has 0 heterocycles. The van der Waals surface area contributed by atoms with E-state index in [-0.39, 0.29) is 29.6 Å². The maximum absolute atomic E-state index is 5.89. The third-order valence-corrected chi connectivity index (χ3v) is 3.90. The number of methoxy groups -OCH3 is 1. The van der Waals surface area contributed by atoms with Crippen LogP contribution >= 0.6 is 24.0 Å². The van der Waals surface area contributed by atoms with Crippen LogP contribution in [0.1, 0.15) is 38.8 Å². The Morgan fingerprint density at radius 2 is 1.89 bits per heavy atom. The summed E-state index contributed by atoms with van der Waals surface area (Å²) in [4.78, 5) is 4.68. The first kappa shape index (κ1) is 25.9. The number of halogens is 1. The molecule has 0 radical (unpaired) electrons. The highest BCUT2D eigenvalue weighted by atomic mass is 127. The van der Waals surface area contributed by atoms with Crippen LogP contribution in [-0.4, -0.2) is 51.6 Å². The van der Waals surface area contributed by atoms with Crippen LogP contribution in [0, 0.1) is 6.92 Å². The number of hydrogen-bond donors (Lipinski definition) is 2. The molecule has 0 amide bonds. The fraction of sp³-hybridized carbons (Fsp3) is 0.650. The van der Waals surface area contributed by atoms with Crippen LogP contribution < -0.4 is 15.4 Å². The fourth-order valence-corrected chi connectivity index (χ4v) is 2.16. The molecule has 27 heavy (non-hydrogen) atoms. The van der Waals surface area contributed by atoms with Gasteiger partial charge in [-0.1, -0.05) is 12.1 Å². The SMILES string of the molecule is CCNC(=NCc1ccc(C)cc1OCCOCC)NCC(C)(C)OC.I. The Morgan fingerprint density at radius 3 is 2.52 bits per heavy atom. The predicted molar refractivity (Wildman–Crippen MR) is 122 cm³/mol. The molecule has 1 aromatic carbocycles. The zero-order chi connectivity index (χ0) is 19.4. The molecule has 156 valence electrons. The Labute approximate surface area is 181 Å². The minimum Gasteiger partial charge on any atom is -0.491 e. The standard InChI is InChI=1S/C20H35N3O3.HI/c1-7-21-19(23-15-20(4,5)24-6)22-14-17-10-9-16(3)13-18(17)26-12-11-25-8-2;/h9-10,13H,7-8,11-12,14-15H2,1-6H3,(H2,21,22,23);1H. The van der Waals surface area contributed by atoms with Gasteiger partial charge in [0.25, 0.3) is 0 Å².